The maximum Gasteiger partial charge on any atom is 0.321 e. The number of nitrogens with zero attached hydrogens (tertiary/aromatic N) is 2. The molecule has 0 saturated carbocycles. The van der Waals surface area contributed by atoms with Gasteiger partial charge in [0.2, 0.25) is 0 Å². The number of methoxy groups -OCH3 is 1. The molecule has 2 aromatic carbocycles. The van der Waals surface area contributed by atoms with Gasteiger partial charge in [-0.2, -0.15) is 0 Å². The monoisotopic (exact) mass is 450 g/mol. The van der Waals surface area contributed by atoms with Crippen LogP contribution in [0.4, 0.5) is 0 Å². The number of carboxylic acid groups (broad SMARTS) is 1. The van der Waals surface area contributed by atoms with Gasteiger partial charge in [-0.1, -0.05) is 62.4 Å². The highest BCUT2D eigenvalue weighted by atomic mass is 16.5. The molecule has 2 fully saturated rings. The topological polar surface area (TPSA) is 53.0 Å². The lowest BCUT2D eigenvalue weighted by Gasteiger charge is -2.35. The largest absolute Gasteiger partial charge is 0.496 e. The molecule has 2 aliphatic heterocycles. The predicted octanol–water partition coefficient (Wildman–Crippen LogP) is 4.70. The molecule has 4 rings (SSSR count). The van der Waals surface area contributed by atoms with Crippen molar-refractivity contribution >= 4 is 5.97 Å². The van der Waals surface area contributed by atoms with E-state index in [1.165, 1.54) is 11.1 Å². The Morgan fingerprint density at radius 2 is 1.70 bits per heavy atom. The summed E-state index contributed by atoms with van der Waals surface area (Å²) in [4.78, 5) is 16.8. The van der Waals surface area contributed by atoms with E-state index in [1.54, 1.807) is 7.11 Å². The molecule has 2 aromatic rings. The molecule has 0 bridgehead atoms. The molecule has 3 atom stereocenters. The van der Waals surface area contributed by atoms with Crippen LogP contribution in [0.3, 0.4) is 0 Å². The molecule has 178 valence electrons. The Morgan fingerprint density at radius 1 is 1.03 bits per heavy atom. The van der Waals surface area contributed by atoms with Gasteiger partial charge in [-0.25, -0.2) is 0 Å². The summed E-state index contributed by atoms with van der Waals surface area (Å²) in [6.07, 6.45) is 2.27. The van der Waals surface area contributed by atoms with Crippen LogP contribution in [0.5, 0.6) is 5.75 Å². The lowest BCUT2D eigenvalue weighted by atomic mass is 9.86. The number of piperidine rings is 1. The van der Waals surface area contributed by atoms with E-state index in [4.69, 9.17) is 4.74 Å². The lowest BCUT2D eigenvalue weighted by molar-refractivity contribution is -0.144. The number of ether oxygens (including phenoxy) is 1. The zero-order valence-corrected chi connectivity index (χ0v) is 20.2. The number of para-hydroxylation sites is 1. The first-order valence-corrected chi connectivity index (χ1v) is 12.3. The van der Waals surface area contributed by atoms with Gasteiger partial charge in [0.1, 0.15) is 11.8 Å². The van der Waals surface area contributed by atoms with Crippen molar-refractivity contribution < 1.29 is 14.6 Å². The van der Waals surface area contributed by atoms with Crippen LogP contribution in [-0.4, -0.2) is 66.8 Å². The second kappa shape index (κ2) is 10.7. The fourth-order valence-corrected chi connectivity index (χ4v) is 6.02. The molecule has 5 heteroatoms. The summed E-state index contributed by atoms with van der Waals surface area (Å²) in [7, 11) is 1.76. The summed E-state index contributed by atoms with van der Waals surface area (Å²) in [5, 5.41) is 9.89. The van der Waals surface area contributed by atoms with Gasteiger partial charge in [0, 0.05) is 25.6 Å². The normalized spacial score (nSPS) is 23.6. The fraction of sp³-hybridized carbons (Fsp3) is 0.536. The first-order valence-electron chi connectivity index (χ1n) is 12.3. The Morgan fingerprint density at radius 3 is 2.33 bits per heavy atom. The van der Waals surface area contributed by atoms with Crippen LogP contribution < -0.4 is 4.74 Å². The van der Waals surface area contributed by atoms with E-state index < -0.39 is 12.0 Å². The molecular weight excluding hydrogens is 412 g/mol. The van der Waals surface area contributed by atoms with E-state index in [9.17, 15) is 9.90 Å². The van der Waals surface area contributed by atoms with Crippen LogP contribution in [0.15, 0.2) is 54.6 Å². The van der Waals surface area contributed by atoms with Crippen LogP contribution >= 0.6 is 0 Å². The van der Waals surface area contributed by atoms with Crippen molar-refractivity contribution in [2.75, 3.05) is 39.8 Å². The third-order valence-electron chi connectivity index (χ3n) is 7.63. The van der Waals surface area contributed by atoms with Crippen molar-refractivity contribution in [3.05, 3.63) is 65.7 Å². The minimum absolute atomic E-state index is 0.0919. The van der Waals surface area contributed by atoms with Crippen LogP contribution in [-0.2, 0) is 4.79 Å². The van der Waals surface area contributed by atoms with Gasteiger partial charge >= 0.3 is 5.97 Å². The Labute approximate surface area is 198 Å². The summed E-state index contributed by atoms with van der Waals surface area (Å²) in [5.41, 5.74) is 2.66. The molecule has 2 heterocycles. The molecule has 2 aliphatic rings. The minimum atomic E-state index is -0.699. The van der Waals surface area contributed by atoms with Crippen molar-refractivity contribution in [1.29, 1.82) is 0 Å². The van der Waals surface area contributed by atoms with Crippen molar-refractivity contribution in [3.63, 3.8) is 0 Å². The molecule has 5 nitrogen and oxygen atoms in total. The Bertz CT molecular complexity index is 908. The summed E-state index contributed by atoms with van der Waals surface area (Å²) >= 11 is 0. The van der Waals surface area contributed by atoms with Gasteiger partial charge in [-0.15, -0.1) is 0 Å². The van der Waals surface area contributed by atoms with Crippen LogP contribution in [0, 0.1) is 11.8 Å². The molecule has 2 unspecified atom stereocenters. The third-order valence-corrected chi connectivity index (χ3v) is 7.63. The number of benzene rings is 2. The first kappa shape index (κ1) is 23.8. The number of carbonyl (C=O) groups is 1. The van der Waals surface area contributed by atoms with Gasteiger partial charge in [0.05, 0.1) is 7.11 Å². The second-order valence-corrected chi connectivity index (χ2v) is 10.1. The maximum atomic E-state index is 12.0. The number of rotatable bonds is 8. The maximum absolute atomic E-state index is 12.0. The fourth-order valence-electron chi connectivity index (χ4n) is 6.02. The Balaban J connectivity index is 1.44. The van der Waals surface area contributed by atoms with Gasteiger partial charge < -0.3 is 14.7 Å². The minimum Gasteiger partial charge on any atom is -0.496 e. The molecule has 2 saturated heterocycles. The highest BCUT2D eigenvalue weighted by Gasteiger charge is 2.41. The van der Waals surface area contributed by atoms with E-state index in [-0.39, 0.29) is 5.92 Å². The SMILES string of the molecule is COc1ccccc1C1CCN(C[C@H]2CN(C(C(=O)O)C(C)C)CC2c2ccccc2)CC1. The van der Waals surface area contributed by atoms with Gasteiger partial charge in [0.15, 0.2) is 0 Å². The molecule has 0 radical (unpaired) electrons. The Hall–Kier alpha value is -2.37. The van der Waals surface area contributed by atoms with E-state index in [0.717, 1.165) is 51.3 Å². The number of hydrogen-bond donors (Lipinski definition) is 1. The van der Waals surface area contributed by atoms with E-state index in [1.807, 2.05) is 19.9 Å². The van der Waals surface area contributed by atoms with Crippen molar-refractivity contribution in [3.8, 4) is 5.75 Å². The standard InChI is InChI=1S/C28H38N2O3/c1-20(2)27(28(31)32)30-18-23(25(19-30)21-9-5-4-6-10-21)17-29-15-13-22(14-16-29)24-11-7-8-12-26(24)33-3/h4-12,20,22-23,25,27H,13-19H2,1-3H3,(H,31,32)/t23-,25?,27?/m0/s1. The number of carboxylic acids is 1. The smallest absolute Gasteiger partial charge is 0.321 e. The van der Waals surface area contributed by atoms with Gasteiger partial charge in [0.25, 0.3) is 0 Å². The second-order valence-electron chi connectivity index (χ2n) is 10.1. The Kier molecular flexibility index (Phi) is 7.71. The third kappa shape index (κ3) is 5.42. The number of aliphatic carboxylic acids is 1. The summed E-state index contributed by atoms with van der Waals surface area (Å²) in [6.45, 7) is 8.89. The van der Waals surface area contributed by atoms with E-state index >= 15 is 0 Å². The quantitative estimate of drug-likeness (QED) is 0.632. The lowest BCUT2D eigenvalue weighted by Crippen LogP contribution is -2.44. The summed E-state index contributed by atoms with van der Waals surface area (Å²) in [6, 6.07) is 18.7. The number of hydrogen-bond acceptors (Lipinski definition) is 4. The molecule has 0 spiro atoms. The highest BCUT2D eigenvalue weighted by molar-refractivity contribution is 5.73. The average Bonchev–Trinajstić information content (AvgIpc) is 3.22. The molecule has 33 heavy (non-hydrogen) atoms. The predicted molar refractivity (Wildman–Crippen MR) is 132 cm³/mol. The number of likely N-dealkylation sites (tertiary alicyclic amines) is 2. The molecule has 0 aliphatic carbocycles. The van der Waals surface area contributed by atoms with Gasteiger partial charge in [-0.05, 0) is 60.9 Å². The van der Waals surface area contributed by atoms with Gasteiger partial charge in [-0.3, -0.25) is 9.69 Å². The van der Waals surface area contributed by atoms with Crippen molar-refractivity contribution in [2.24, 2.45) is 11.8 Å². The zero-order valence-electron chi connectivity index (χ0n) is 20.2. The van der Waals surface area contributed by atoms with Crippen molar-refractivity contribution in [1.82, 2.24) is 9.80 Å². The highest BCUT2D eigenvalue weighted by Crippen LogP contribution is 2.38. The van der Waals surface area contributed by atoms with Crippen LogP contribution in [0.25, 0.3) is 0 Å². The molecule has 0 aromatic heterocycles. The average molecular weight is 451 g/mol. The van der Waals surface area contributed by atoms with Crippen molar-refractivity contribution in [2.45, 2.75) is 44.6 Å². The van der Waals surface area contributed by atoms with Crippen LogP contribution in [0.1, 0.15) is 49.7 Å². The van der Waals surface area contributed by atoms with Crippen LogP contribution in [0.2, 0.25) is 0 Å². The summed E-state index contributed by atoms with van der Waals surface area (Å²) < 4.78 is 5.60. The molecular formula is C28H38N2O3. The zero-order chi connectivity index (χ0) is 23.4. The molecule has 1 N–H and O–H groups in total. The molecule has 0 amide bonds. The van der Waals surface area contributed by atoms with E-state index in [2.05, 4.69) is 58.3 Å². The van der Waals surface area contributed by atoms with E-state index in [0.29, 0.717) is 17.8 Å². The summed E-state index contributed by atoms with van der Waals surface area (Å²) in [5.74, 6) is 1.75. The first-order chi connectivity index (χ1) is 16.0.